The fourth-order valence-corrected chi connectivity index (χ4v) is 3.07. The van der Waals surface area contributed by atoms with Crippen LogP contribution in [0.5, 0.6) is 0 Å². The van der Waals surface area contributed by atoms with Crippen molar-refractivity contribution in [1.29, 1.82) is 0 Å². The molecule has 0 radical (unpaired) electrons. The third-order valence-corrected chi connectivity index (χ3v) is 4.36. The number of nitrogen functional groups attached to an aromatic ring is 1. The number of nitrogens with two attached hydrogens (primary N) is 1. The molecule has 0 aliphatic heterocycles. The molecule has 3 rings (SSSR count). The van der Waals surface area contributed by atoms with E-state index in [4.69, 9.17) is 5.73 Å². The zero-order valence-corrected chi connectivity index (χ0v) is 10.4. The highest BCUT2D eigenvalue weighted by atomic mass is 14.9. The first-order chi connectivity index (χ1) is 8.33. The Hall–Kier alpha value is -1.02. The van der Waals surface area contributed by atoms with E-state index >= 15 is 0 Å². The molecule has 1 atom stereocenters. The van der Waals surface area contributed by atoms with E-state index in [0.29, 0.717) is 5.92 Å². The molecule has 2 aliphatic rings. The lowest BCUT2D eigenvalue weighted by Gasteiger charge is -2.31. The SMILES string of the molecule is Nc1ccc2c(c1)CCCC2CNC1CCC1. The van der Waals surface area contributed by atoms with Gasteiger partial charge in [0, 0.05) is 18.3 Å². The van der Waals surface area contributed by atoms with Gasteiger partial charge in [-0.25, -0.2) is 0 Å². The van der Waals surface area contributed by atoms with Crippen LogP contribution in [0.4, 0.5) is 5.69 Å². The summed E-state index contributed by atoms with van der Waals surface area (Å²) in [5.74, 6) is 0.708. The molecule has 2 heteroatoms. The number of aryl methyl sites for hydroxylation is 1. The van der Waals surface area contributed by atoms with Gasteiger partial charge >= 0.3 is 0 Å². The van der Waals surface area contributed by atoms with Crippen molar-refractivity contribution in [3.8, 4) is 0 Å². The number of fused-ring (bicyclic) bond motifs is 1. The molecule has 0 aromatic heterocycles. The van der Waals surface area contributed by atoms with Crippen molar-refractivity contribution < 1.29 is 0 Å². The summed E-state index contributed by atoms with van der Waals surface area (Å²) in [6, 6.07) is 7.27. The molecule has 0 heterocycles. The van der Waals surface area contributed by atoms with E-state index in [-0.39, 0.29) is 0 Å². The lowest BCUT2D eigenvalue weighted by atomic mass is 9.82. The summed E-state index contributed by atoms with van der Waals surface area (Å²) in [5, 5.41) is 3.71. The Balaban J connectivity index is 1.69. The smallest absolute Gasteiger partial charge is 0.0316 e. The summed E-state index contributed by atoms with van der Waals surface area (Å²) in [4.78, 5) is 0. The zero-order valence-electron chi connectivity index (χ0n) is 10.4. The summed E-state index contributed by atoms with van der Waals surface area (Å²) in [7, 11) is 0. The molecule has 1 aromatic rings. The molecule has 92 valence electrons. The van der Waals surface area contributed by atoms with E-state index in [1.54, 1.807) is 0 Å². The van der Waals surface area contributed by atoms with Gasteiger partial charge in [-0.15, -0.1) is 0 Å². The van der Waals surface area contributed by atoms with Crippen LogP contribution in [0, 0.1) is 0 Å². The van der Waals surface area contributed by atoms with Crippen LogP contribution < -0.4 is 11.1 Å². The molecule has 2 aliphatic carbocycles. The second-order valence-electron chi connectivity index (χ2n) is 5.58. The fraction of sp³-hybridized carbons (Fsp3) is 0.600. The Bertz CT molecular complexity index is 396. The van der Waals surface area contributed by atoms with Crippen molar-refractivity contribution in [2.75, 3.05) is 12.3 Å². The fourth-order valence-electron chi connectivity index (χ4n) is 3.07. The van der Waals surface area contributed by atoms with Gasteiger partial charge in [0.25, 0.3) is 0 Å². The first-order valence-electron chi connectivity index (χ1n) is 6.94. The normalized spacial score (nSPS) is 24.1. The molecule has 2 nitrogen and oxygen atoms in total. The van der Waals surface area contributed by atoms with Crippen molar-refractivity contribution in [3.05, 3.63) is 29.3 Å². The summed E-state index contributed by atoms with van der Waals surface area (Å²) in [6.07, 6.45) is 8.02. The van der Waals surface area contributed by atoms with E-state index in [2.05, 4.69) is 23.5 Å². The summed E-state index contributed by atoms with van der Waals surface area (Å²) in [6.45, 7) is 1.15. The monoisotopic (exact) mass is 230 g/mol. The lowest BCUT2D eigenvalue weighted by molar-refractivity contribution is 0.326. The second kappa shape index (κ2) is 4.69. The Morgan fingerprint density at radius 3 is 2.82 bits per heavy atom. The predicted octanol–water partition coefficient (Wildman–Crippen LogP) is 2.83. The molecule has 1 unspecified atom stereocenters. The minimum Gasteiger partial charge on any atom is -0.399 e. The van der Waals surface area contributed by atoms with Crippen molar-refractivity contribution >= 4 is 5.69 Å². The number of rotatable bonds is 3. The van der Waals surface area contributed by atoms with E-state index in [9.17, 15) is 0 Å². The zero-order chi connectivity index (χ0) is 11.7. The van der Waals surface area contributed by atoms with Gasteiger partial charge in [0.05, 0.1) is 0 Å². The van der Waals surface area contributed by atoms with Crippen LogP contribution in [0.15, 0.2) is 18.2 Å². The maximum Gasteiger partial charge on any atom is 0.0316 e. The summed E-state index contributed by atoms with van der Waals surface area (Å²) < 4.78 is 0. The first-order valence-corrected chi connectivity index (χ1v) is 6.94. The summed E-state index contributed by atoms with van der Waals surface area (Å²) >= 11 is 0. The highest BCUT2D eigenvalue weighted by Crippen LogP contribution is 2.32. The Labute approximate surface area is 104 Å². The first kappa shape index (κ1) is 11.1. The molecule has 3 N–H and O–H groups in total. The number of hydrogen-bond donors (Lipinski definition) is 2. The molecule has 1 fully saturated rings. The van der Waals surface area contributed by atoms with Gasteiger partial charge in [-0.05, 0) is 61.3 Å². The van der Waals surface area contributed by atoms with Crippen LogP contribution >= 0.6 is 0 Å². The minimum absolute atomic E-state index is 0.708. The molecule has 0 spiro atoms. The molecule has 0 amide bonds. The number of nitrogens with one attached hydrogen (secondary N) is 1. The third-order valence-electron chi connectivity index (χ3n) is 4.36. The Morgan fingerprint density at radius 2 is 2.06 bits per heavy atom. The minimum atomic E-state index is 0.708. The molecular formula is C15H22N2. The molecule has 0 bridgehead atoms. The van der Waals surface area contributed by atoms with Crippen molar-refractivity contribution in [1.82, 2.24) is 5.32 Å². The topological polar surface area (TPSA) is 38.0 Å². The second-order valence-corrected chi connectivity index (χ2v) is 5.58. The van der Waals surface area contributed by atoms with Crippen LogP contribution in [-0.2, 0) is 6.42 Å². The number of hydrogen-bond acceptors (Lipinski definition) is 2. The van der Waals surface area contributed by atoms with Crippen molar-refractivity contribution in [2.24, 2.45) is 0 Å². The molecular weight excluding hydrogens is 208 g/mol. The van der Waals surface area contributed by atoms with Crippen molar-refractivity contribution in [3.63, 3.8) is 0 Å². The average molecular weight is 230 g/mol. The van der Waals surface area contributed by atoms with E-state index < -0.39 is 0 Å². The maximum absolute atomic E-state index is 5.86. The average Bonchev–Trinajstić information content (AvgIpc) is 2.26. The number of anilines is 1. The molecule has 0 saturated heterocycles. The van der Waals surface area contributed by atoms with Crippen LogP contribution in [0.1, 0.15) is 49.1 Å². The van der Waals surface area contributed by atoms with E-state index in [0.717, 1.165) is 18.3 Å². The Kier molecular flexibility index (Phi) is 3.06. The van der Waals surface area contributed by atoms with E-state index in [1.807, 2.05) is 0 Å². The van der Waals surface area contributed by atoms with E-state index in [1.165, 1.54) is 49.7 Å². The maximum atomic E-state index is 5.86. The quantitative estimate of drug-likeness (QED) is 0.784. The highest BCUT2D eigenvalue weighted by Gasteiger charge is 2.23. The van der Waals surface area contributed by atoms with Gasteiger partial charge in [-0.2, -0.15) is 0 Å². The molecule has 17 heavy (non-hydrogen) atoms. The van der Waals surface area contributed by atoms with Gasteiger partial charge in [-0.1, -0.05) is 12.5 Å². The van der Waals surface area contributed by atoms with Crippen LogP contribution in [0.2, 0.25) is 0 Å². The molecule has 1 aromatic carbocycles. The Morgan fingerprint density at radius 1 is 1.18 bits per heavy atom. The van der Waals surface area contributed by atoms with Gasteiger partial charge in [0.2, 0.25) is 0 Å². The van der Waals surface area contributed by atoms with Gasteiger partial charge < -0.3 is 11.1 Å². The van der Waals surface area contributed by atoms with Gasteiger partial charge in [0.1, 0.15) is 0 Å². The third kappa shape index (κ3) is 2.32. The number of benzene rings is 1. The molecule has 1 saturated carbocycles. The van der Waals surface area contributed by atoms with Crippen LogP contribution in [0.3, 0.4) is 0 Å². The van der Waals surface area contributed by atoms with Crippen LogP contribution in [0.25, 0.3) is 0 Å². The largest absolute Gasteiger partial charge is 0.399 e. The van der Waals surface area contributed by atoms with Gasteiger partial charge in [-0.3, -0.25) is 0 Å². The highest BCUT2D eigenvalue weighted by molar-refractivity contribution is 5.47. The van der Waals surface area contributed by atoms with Gasteiger partial charge in [0.15, 0.2) is 0 Å². The lowest BCUT2D eigenvalue weighted by Crippen LogP contribution is -2.38. The van der Waals surface area contributed by atoms with Crippen molar-refractivity contribution in [2.45, 2.75) is 50.5 Å². The standard InChI is InChI=1S/C15H22N2/c16-13-7-8-15-11(9-13)3-1-4-12(15)10-17-14-5-2-6-14/h7-9,12,14,17H,1-6,10,16H2. The predicted molar refractivity (Wildman–Crippen MR) is 72.2 cm³/mol. The summed E-state index contributed by atoms with van der Waals surface area (Å²) in [5.41, 5.74) is 9.80. The van der Waals surface area contributed by atoms with Crippen LogP contribution in [-0.4, -0.2) is 12.6 Å².